The molecule has 2 atom stereocenters. The van der Waals surface area contributed by atoms with E-state index in [0.29, 0.717) is 6.04 Å². The third-order valence-corrected chi connectivity index (χ3v) is 5.78. The lowest BCUT2D eigenvalue weighted by Gasteiger charge is -2.36. The van der Waals surface area contributed by atoms with E-state index in [2.05, 4.69) is 20.9 Å². The number of benzene rings is 1. The molecular formula is C19H24N4. The Balaban J connectivity index is 1.41. The van der Waals surface area contributed by atoms with E-state index in [1.54, 1.807) is 0 Å². The van der Waals surface area contributed by atoms with Crippen LogP contribution < -0.4 is 4.90 Å². The number of anilines is 1. The maximum absolute atomic E-state index is 4.88. The average Bonchev–Trinajstić information content (AvgIpc) is 3.42. The van der Waals surface area contributed by atoms with Crippen molar-refractivity contribution in [1.82, 2.24) is 14.9 Å². The summed E-state index contributed by atoms with van der Waals surface area (Å²) in [6.07, 6.45) is 7.61. The number of nitrogens with zero attached hydrogens (tertiary/aromatic N) is 4. The molecule has 1 saturated carbocycles. The summed E-state index contributed by atoms with van der Waals surface area (Å²) in [5.74, 6) is 2.85. The average molecular weight is 308 g/mol. The monoisotopic (exact) mass is 308 g/mol. The fourth-order valence-electron chi connectivity index (χ4n) is 4.32. The lowest BCUT2D eigenvalue weighted by molar-refractivity contribution is 0.128. The minimum atomic E-state index is 0.711. The van der Waals surface area contributed by atoms with Gasteiger partial charge in [0, 0.05) is 32.2 Å². The fourth-order valence-corrected chi connectivity index (χ4v) is 4.32. The number of fused-ring (bicyclic) bond motifs is 5. The largest absolute Gasteiger partial charge is 0.353 e. The first-order valence-electron chi connectivity index (χ1n) is 9.06. The third kappa shape index (κ3) is 2.69. The van der Waals surface area contributed by atoms with Gasteiger partial charge in [0.2, 0.25) is 0 Å². The molecule has 0 N–H and O–H groups in total. The molecule has 23 heavy (non-hydrogen) atoms. The zero-order valence-electron chi connectivity index (χ0n) is 13.6. The van der Waals surface area contributed by atoms with Crippen LogP contribution in [0, 0.1) is 11.8 Å². The van der Waals surface area contributed by atoms with Gasteiger partial charge >= 0.3 is 0 Å². The van der Waals surface area contributed by atoms with Crippen LogP contribution in [0.5, 0.6) is 0 Å². The second-order valence-corrected chi connectivity index (χ2v) is 7.62. The first-order chi connectivity index (χ1) is 11.3. The molecule has 120 valence electrons. The molecule has 1 aromatic heterocycles. The Kier molecular flexibility index (Phi) is 3.25. The molecule has 3 saturated heterocycles. The summed E-state index contributed by atoms with van der Waals surface area (Å²) in [5, 5.41) is 0. The van der Waals surface area contributed by atoms with Crippen LogP contribution in [-0.4, -0.2) is 47.1 Å². The molecule has 0 unspecified atom stereocenters. The van der Waals surface area contributed by atoms with E-state index in [4.69, 9.17) is 4.98 Å². The summed E-state index contributed by atoms with van der Waals surface area (Å²) >= 11 is 0. The molecule has 0 spiro atoms. The number of rotatable bonds is 3. The standard InChI is InChI=1S/C19H24N4/c1-2-4-18-17(3-1)20-9-19(21-18)23-12-15-7-8-16(13-23)22(11-15)10-14-5-6-14/h1-4,9,14-16H,5-8,10-13H2/t15-,16-/m1/s1. The Morgan fingerprint density at radius 2 is 1.83 bits per heavy atom. The topological polar surface area (TPSA) is 32.3 Å². The molecule has 4 nitrogen and oxygen atoms in total. The molecule has 4 fully saturated rings. The summed E-state index contributed by atoms with van der Waals surface area (Å²) in [6.45, 7) is 4.89. The minimum absolute atomic E-state index is 0.711. The van der Waals surface area contributed by atoms with Crippen molar-refractivity contribution in [1.29, 1.82) is 0 Å². The number of hydrogen-bond donors (Lipinski definition) is 0. The quantitative estimate of drug-likeness (QED) is 0.872. The van der Waals surface area contributed by atoms with E-state index >= 15 is 0 Å². The number of piperidine rings is 1. The Labute approximate surface area is 137 Å². The molecule has 4 heterocycles. The predicted octanol–water partition coefficient (Wildman–Crippen LogP) is 2.94. The maximum atomic E-state index is 4.88. The normalized spacial score (nSPS) is 28.3. The van der Waals surface area contributed by atoms with Gasteiger partial charge < -0.3 is 4.90 Å². The number of aromatic nitrogens is 2. The first kappa shape index (κ1) is 13.7. The van der Waals surface area contributed by atoms with E-state index in [9.17, 15) is 0 Å². The van der Waals surface area contributed by atoms with E-state index < -0.39 is 0 Å². The van der Waals surface area contributed by atoms with E-state index in [0.717, 1.165) is 41.8 Å². The van der Waals surface area contributed by atoms with Crippen molar-refractivity contribution < 1.29 is 0 Å². The van der Waals surface area contributed by atoms with Gasteiger partial charge in [0.1, 0.15) is 5.82 Å². The van der Waals surface area contributed by atoms with E-state index in [1.807, 2.05) is 24.4 Å². The van der Waals surface area contributed by atoms with Crippen molar-refractivity contribution in [2.24, 2.45) is 11.8 Å². The Bertz CT molecular complexity index is 711. The lowest BCUT2D eigenvalue weighted by atomic mass is 9.95. The smallest absolute Gasteiger partial charge is 0.147 e. The van der Waals surface area contributed by atoms with Crippen LogP contribution in [0.4, 0.5) is 5.82 Å². The van der Waals surface area contributed by atoms with Gasteiger partial charge in [0.05, 0.1) is 17.2 Å². The van der Waals surface area contributed by atoms with Gasteiger partial charge in [-0.2, -0.15) is 0 Å². The molecule has 2 bridgehead atoms. The highest BCUT2D eigenvalue weighted by Crippen LogP contribution is 2.35. The van der Waals surface area contributed by atoms with Crippen LogP contribution in [-0.2, 0) is 0 Å². The summed E-state index contributed by atoms with van der Waals surface area (Å²) in [7, 11) is 0. The predicted molar refractivity (Wildman–Crippen MR) is 92.6 cm³/mol. The zero-order chi connectivity index (χ0) is 15.2. The number of hydrogen-bond acceptors (Lipinski definition) is 4. The third-order valence-electron chi connectivity index (χ3n) is 5.78. The van der Waals surface area contributed by atoms with Crippen LogP contribution in [0.1, 0.15) is 25.7 Å². The highest BCUT2D eigenvalue weighted by molar-refractivity contribution is 5.75. The lowest BCUT2D eigenvalue weighted by Crippen LogP contribution is -2.44. The van der Waals surface area contributed by atoms with Crippen LogP contribution in [0.3, 0.4) is 0 Å². The van der Waals surface area contributed by atoms with Crippen molar-refractivity contribution in [3.8, 4) is 0 Å². The number of para-hydroxylation sites is 2. The SMILES string of the molecule is c1ccc2nc(N3C[C@@H]4CC[C@H](C3)N(CC3CC3)C4)cnc2c1. The van der Waals surface area contributed by atoms with Gasteiger partial charge in [-0.15, -0.1) is 0 Å². The molecule has 0 radical (unpaired) electrons. The van der Waals surface area contributed by atoms with Crippen LogP contribution in [0.15, 0.2) is 30.5 Å². The van der Waals surface area contributed by atoms with Gasteiger partial charge in [0.25, 0.3) is 0 Å². The van der Waals surface area contributed by atoms with E-state index in [1.165, 1.54) is 38.8 Å². The van der Waals surface area contributed by atoms with Gasteiger partial charge in [-0.25, -0.2) is 4.98 Å². The molecule has 4 aliphatic rings. The first-order valence-corrected chi connectivity index (χ1v) is 9.06. The Morgan fingerprint density at radius 1 is 0.957 bits per heavy atom. The molecule has 6 rings (SSSR count). The maximum Gasteiger partial charge on any atom is 0.147 e. The molecule has 4 heteroatoms. The van der Waals surface area contributed by atoms with Crippen LogP contribution in [0.25, 0.3) is 11.0 Å². The van der Waals surface area contributed by atoms with Crippen molar-refractivity contribution >= 4 is 16.9 Å². The fraction of sp³-hybridized carbons (Fsp3) is 0.579. The highest BCUT2D eigenvalue weighted by atomic mass is 15.3. The van der Waals surface area contributed by atoms with Gasteiger partial charge in [-0.3, -0.25) is 9.88 Å². The zero-order valence-corrected chi connectivity index (χ0v) is 13.6. The molecule has 1 aliphatic carbocycles. The molecule has 3 aliphatic heterocycles. The minimum Gasteiger partial charge on any atom is -0.353 e. The van der Waals surface area contributed by atoms with Crippen molar-refractivity contribution in [2.75, 3.05) is 31.1 Å². The Hall–Kier alpha value is -1.68. The van der Waals surface area contributed by atoms with Crippen LogP contribution in [0.2, 0.25) is 0 Å². The highest BCUT2D eigenvalue weighted by Gasteiger charge is 2.37. The van der Waals surface area contributed by atoms with Gasteiger partial charge in [-0.05, 0) is 49.7 Å². The molecule has 1 aromatic carbocycles. The van der Waals surface area contributed by atoms with Crippen molar-refractivity contribution in [3.63, 3.8) is 0 Å². The molecular weight excluding hydrogens is 284 g/mol. The summed E-state index contributed by atoms with van der Waals surface area (Å²) in [5.41, 5.74) is 2.00. The van der Waals surface area contributed by atoms with Gasteiger partial charge in [0.15, 0.2) is 0 Å². The van der Waals surface area contributed by atoms with Crippen molar-refractivity contribution in [2.45, 2.75) is 31.7 Å². The summed E-state index contributed by atoms with van der Waals surface area (Å²) < 4.78 is 0. The van der Waals surface area contributed by atoms with E-state index in [-0.39, 0.29) is 0 Å². The van der Waals surface area contributed by atoms with Crippen molar-refractivity contribution in [3.05, 3.63) is 30.5 Å². The summed E-state index contributed by atoms with van der Waals surface area (Å²) in [6, 6.07) is 8.89. The second-order valence-electron chi connectivity index (χ2n) is 7.62. The molecule has 2 aromatic rings. The summed E-state index contributed by atoms with van der Waals surface area (Å²) in [4.78, 5) is 14.8. The second kappa shape index (κ2) is 5.45. The van der Waals surface area contributed by atoms with Crippen LogP contribution >= 0.6 is 0 Å². The molecule has 0 amide bonds. The van der Waals surface area contributed by atoms with Gasteiger partial charge in [-0.1, -0.05) is 12.1 Å². The Morgan fingerprint density at radius 3 is 2.70 bits per heavy atom.